The van der Waals surface area contributed by atoms with E-state index in [-0.39, 0.29) is 6.04 Å². The highest BCUT2D eigenvalue weighted by Gasteiger charge is 2.40. The molecule has 2 aliphatic heterocycles. The van der Waals surface area contributed by atoms with Gasteiger partial charge >= 0.3 is 6.18 Å². The molecule has 2 fully saturated rings. The highest BCUT2D eigenvalue weighted by molar-refractivity contribution is 5.43. The molecule has 4 rings (SSSR count). The average molecular weight is 349 g/mol. The summed E-state index contributed by atoms with van der Waals surface area (Å²) in [5, 5.41) is 0. The van der Waals surface area contributed by atoms with Gasteiger partial charge in [0, 0.05) is 32.0 Å². The number of hydrogen-bond donors (Lipinski definition) is 0. The van der Waals surface area contributed by atoms with Crippen molar-refractivity contribution in [3.63, 3.8) is 0 Å². The molecule has 8 heteroatoms. The van der Waals surface area contributed by atoms with Crippen LogP contribution in [0.15, 0.2) is 36.7 Å². The van der Waals surface area contributed by atoms with E-state index in [4.69, 9.17) is 0 Å². The van der Waals surface area contributed by atoms with Crippen molar-refractivity contribution in [3.05, 3.63) is 42.4 Å². The molecule has 0 saturated carbocycles. The van der Waals surface area contributed by atoms with Gasteiger partial charge in [-0.25, -0.2) is 15.0 Å². The van der Waals surface area contributed by atoms with Crippen LogP contribution in [0.3, 0.4) is 0 Å². The summed E-state index contributed by atoms with van der Waals surface area (Å²) in [5.74, 6) is 1.59. The molecule has 2 aromatic rings. The SMILES string of the molecule is FC(F)(F)c1cccc(N2CCC3CCN(c4ncccn4)C3C2)n1. The third-order valence-electron chi connectivity index (χ3n) is 5.02. The standard InChI is InChI=1S/C17H18F3N5/c18-17(19,20)14-3-1-4-15(23-14)24-9-5-12-6-10-25(13(12)11-24)16-21-7-2-8-22-16/h1-4,7-8,12-13H,5-6,9-11H2. The Bertz CT molecular complexity index is 737. The van der Waals surface area contributed by atoms with E-state index in [1.807, 2.05) is 4.90 Å². The van der Waals surface area contributed by atoms with E-state index in [0.717, 1.165) is 32.0 Å². The largest absolute Gasteiger partial charge is 0.433 e. The molecule has 2 aromatic heterocycles. The fourth-order valence-electron chi connectivity index (χ4n) is 3.79. The number of rotatable bonds is 2. The van der Waals surface area contributed by atoms with Crippen molar-refractivity contribution in [2.24, 2.45) is 5.92 Å². The Morgan fingerprint density at radius 2 is 1.76 bits per heavy atom. The number of hydrogen-bond acceptors (Lipinski definition) is 5. The molecule has 4 heterocycles. The summed E-state index contributed by atoms with van der Waals surface area (Å²) in [5.41, 5.74) is -0.846. The molecular formula is C17H18F3N5. The molecule has 0 radical (unpaired) electrons. The van der Waals surface area contributed by atoms with Gasteiger partial charge in [0.05, 0.1) is 6.04 Å². The Balaban J connectivity index is 1.56. The van der Waals surface area contributed by atoms with Crippen LogP contribution in [0.5, 0.6) is 0 Å². The van der Waals surface area contributed by atoms with Gasteiger partial charge in [0.2, 0.25) is 5.95 Å². The summed E-state index contributed by atoms with van der Waals surface area (Å²) >= 11 is 0. The Labute approximate surface area is 143 Å². The molecule has 25 heavy (non-hydrogen) atoms. The van der Waals surface area contributed by atoms with Crippen molar-refractivity contribution >= 4 is 11.8 Å². The molecule has 0 spiro atoms. The van der Waals surface area contributed by atoms with Crippen LogP contribution in [0.1, 0.15) is 18.5 Å². The second kappa shape index (κ2) is 6.16. The van der Waals surface area contributed by atoms with Crippen LogP contribution in [-0.2, 0) is 6.18 Å². The highest BCUT2D eigenvalue weighted by Crippen LogP contribution is 2.35. The van der Waals surface area contributed by atoms with E-state index in [1.54, 1.807) is 24.5 Å². The number of nitrogens with zero attached hydrogens (tertiary/aromatic N) is 5. The van der Waals surface area contributed by atoms with Gasteiger partial charge in [0.15, 0.2) is 0 Å². The first-order valence-electron chi connectivity index (χ1n) is 8.35. The minimum Gasteiger partial charge on any atom is -0.355 e. The molecule has 0 aliphatic carbocycles. The maximum Gasteiger partial charge on any atom is 0.433 e. The summed E-state index contributed by atoms with van der Waals surface area (Å²) in [6, 6.07) is 6.05. The van der Waals surface area contributed by atoms with Crippen molar-refractivity contribution in [1.29, 1.82) is 0 Å². The van der Waals surface area contributed by atoms with Crippen LogP contribution >= 0.6 is 0 Å². The first-order chi connectivity index (χ1) is 12.0. The molecule has 2 unspecified atom stereocenters. The number of aromatic nitrogens is 3. The van der Waals surface area contributed by atoms with Crippen LogP contribution < -0.4 is 9.80 Å². The van der Waals surface area contributed by atoms with E-state index in [9.17, 15) is 13.2 Å². The van der Waals surface area contributed by atoms with Crippen molar-refractivity contribution in [2.45, 2.75) is 25.1 Å². The van der Waals surface area contributed by atoms with Crippen LogP contribution in [0, 0.1) is 5.92 Å². The summed E-state index contributed by atoms with van der Waals surface area (Å²) in [7, 11) is 0. The van der Waals surface area contributed by atoms with Gasteiger partial charge in [-0.2, -0.15) is 13.2 Å². The molecule has 0 N–H and O–H groups in total. The second-order valence-corrected chi connectivity index (χ2v) is 6.47. The zero-order chi connectivity index (χ0) is 17.4. The number of fused-ring (bicyclic) bond motifs is 1. The zero-order valence-electron chi connectivity index (χ0n) is 13.5. The molecule has 2 aliphatic rings. The van der Waals surface area contributed by atoms with Gasteiger partial charge in [0.25, 0.3) is 0 Å². The lowest BCUT2D eigenvalue weighted by Gasteiger charge is -2.39. The third kappa shape index (κ3) is 3.12. The minimum atomic E-state index is -4.42. The van der Waals surface area contributed by atoms with Crippen molar-refractivity contribution < 1.29 is 13.2 Å². The minimum absolute atomic E-state index is 0.201. The lowest BCUT2D eigenvalue weighted by atomic mass is 9.92. The van der Waals surface area contributed by atoms with Gasteiger partial charge < -0.3 is 9.80 Å². The smallest absolute Gasteiger partial charge is 0.355 e. The van der Waals surface area contributed by atoms with E-state index in [2.05, 4.69) is 19.9 Å². The van der Waals surface area contributed by atoms with Crippen molar-refractivity contribution in [2.75, 3.05) is 29.4 Å². The molecule has 0 amide bonds. The van der Waals surface area contributed by atoms with E-state index < -0.39 is 11.9 Å². The maximum atomic E-state index is 12.9. The van der Waals surface area contributed by atoms with Crippen LogP contribution in [0.25, 0.3) is 0 Å². The van der Waals surface area contributed by atoms with E-state index in [1.165, 1.54) is 6.07 Å². The topological polar surface area (TPSA) is 45.2 Å². The number of piperidine rings is 1. The number of anilines is 2. The summed E-state index contributed by atoms with van der Waals surface area (Å²) in [4.78, 5) is 16.6. The Kier molecular flexibility index (Phi) is 3.97. The zero-order valence-corrected chi connectivity index (χ0v) is 13.5. The summed E-state index contributed by atoms with van der Waals surface area (Å²) in [6.07, 6.45) is 1.000. The lowest BCUT2D eigenvalue weighted by molar-refractivity contribution is -0.141. The fraction of sp³-hybridized carbons (Fsp3) is 0.471. The lowest BCUT2D eigenvalue weighted by Crippen LogP contribution is -2.49. The molecule has 2 atom stereocenters. The first kappa shape index (κ1) is 16.1. The highest BCUT2D eigenvalue weighted by atomic mass is 19.4. The van der Waals surface area contributed by atoms with Gasteiger partial charge in [0.1, 0.15) is 11.5 Å². The third-order valence-corrected chi connectivity index (χ3v) is 5.02. The number of alkyl halides is 3. The average Bonchev–Trinajstić information content (AvgIpc) is 3.05. The van der Waals surface area contributed by atoms with Gasteiger partial charge in [-0.15, -0.1) is 0 Å². The number of pyridine rings is 1. The maximum absolute atomic E-state index is 12.9. The molecular weight excluding hydrogens is 331 g/mol. The van der Waals surface area contributed by atoms with Crippen molar-refractivity contribution in [3.8, 4) is 0 Å². The molecule has 5 nitrogen and oxygen atoms in total. The van der Waals surface area contributed by atoms with Gasteiger partial charge in [-0.1, -0.05) is 6.07 Å². The summed E-state index contributed by atoms with van der Waals surface area (Å²) in [6.45, 7) is 2.24. The molecule has 2 saturated heterocycles. The van der Waals surface area contributed by atoms with E-state index in [0.29, 0.717) is 24.2 Å². The Hall–Kier alpha value is -2.38. The first-order valence-corrected chi connectivity index (χ1v) is 8.35. The van der Waals surface area contributed by atoms with Crippen LogP contribution in [0.2, 0.25) is 0 Å². The van der Waals surface area contributed by atoms with Gasteiger partial charge in [-0.3, -0.25) is 0 Å². The monoisotopic (exact) mass is 349 g/mol. The second-order valence-electron chi connectivity index (χ2n) is 6.47. The predicted octanol–water partition coefficient (Wildman–Crippen LogP) is 3.00. The fourth-order valence-corrected chi connectivity index (χ4v) is 3.79. The summed E-state index contributed by atoms with van der Waals surface area (Å²) < 4.78 is 38.8. The Morgan fingerprint density at radius 3 is 2.52 bits per heavy atom. The quantitative estimate of drug-likeness (QED) is 0.834. The van der Waals surface area contributed by atoms with Crippen LogP contribution in [0.4, 0.5) is 24.9 Å². The Morgan fingerprint density at radius 1 is 1.00 bits per heavy atom. The van der Waals surface area contributed by atoms with Crippen LogP contribution in [-0.4, -0.2) is 40.6 Å². The number of halogens is 3. The van der Waals surface area contributed by atoms with Gasteiger partial charge in [-0.05, 0) is 37.0 Å². The van der Waals surface area contributed by atoms with Crippen molar-refractivity contribution in [1.82, 2.24) is 15.0 Å². The normalized spacial score (nSPS) is 23.6. The molecule has 132 valence electrons. The molecule has 0 bridgehead atoms. The molecule has 0 aromatic carbocycles. The predicted molar refractivity (Wildman–Crippen MR) is 87.3 cm³/mol. The van der Waals surface area contributed by atoms with E-state index >= 15 is 0 Å².